The summed E-state index contributed by atoms with van der Waals surface area (Å²) in [7, 11) is 1.61. The van der Waals surface area contributed by atoms with Crippen molar-refractivity contribution in [3.63, 3.8) is 0 Å². The van der Waals surface area contributed by atoms with E-state index in [9.17, 15) is 4.79 Å². The molecule has 0 unspecified atom stereocenters. The molecule has 3 rings (SSSR count). The number of carbonyl (C=O) groups excluding carboxylic acids is 1. The van der Waals surface area contributed by atoms with Crippen LogP contribution in [0.4, 0.5) is 0 Å². The van der Waals surface area contributed by atoms with E-state index in [2.05, 4.69) is 46.7 Å². The molecule has 1 amide bonds. The van der Waals surface area contributed by atoms with Crippen LogP contribution in [0.1, 0.15) is 30.9 Å². The summed E-state index contributed by atoms with van der Waals surface area (Å²) in [6.45, 7) is 4.67. The van der Waals surface area contributed by atoms with E-state index in [0.29, 0.717) is 18.3 Å². The molecule has 27 heavy (non-hydrogen) atoms. The Morgan fingerprint density at radius 1 is 1.15 bits per heavy atom. The van der Waals surface area contributed by atoms with Crippen LogP contribution in [0.5, 0.6) is 5.75 Å². The van der Waals surface area contributed by atoms with Gasteiger partial charge in [-0.05, 0) is 22.8 Å². The molecule has 0 aliphatic heterocycles. The van der Waals surface area contributed by atoms with Crippen molar-refractivity contribution in [2.24, 2.45) is 0 Å². The number of rotatable bonds is 7. The number of amides is 1. The number of para-hydroxylation sites is 1. The molecule has 0 radical (unpaired) electrons. The maximum atomic E-state index is 12.2. The largest absolute Gasteiger partial charge is 0.496 e. The summed E-state index contributed by atoms with van der Waals surface area (Å²) in [4.78, 5) is 13.5. The molecule has 2 aromatic carbocycles. The van der Waals surface area contributed by atoms with Gasteiger partial charge in [-0.25, -0.2) is 0 Å². The zero-order valence-corrected chi connectivity index (χ0v) is 15.7. The van der Waals surface area contributed by atoms with E-state index in [0.717, 1.165) is 16.9 Å². The fraction of sp³-hybridized carbons (Fsp3) is 0.300. The molecular weight excluding hydrogens is 342 g/mol. The van der Waals surface area contributed by atoms with Crippen LogP contribution < -0.4 is 10.1 Å². The molecule has 7 heteroatoms. The molecule has 0 saturated heterocycles. The Balaban J connectivity index is 1.59. The normalized spacial score (nSPS) is 10.8. The second kappa shape index (κ2) is 8.44. The number of nitrogens with one attached hydrogen (secondary N) is 1. The fourth-order valence-electron chi connectivity index (χ4n) is 2.67. The molecule has 0 aliphatic carbocycles. The van der Waals surface area contributed by atoms with Crippen molar-refractivity contribution in [1.29, 1.82) is 0 Å². The average Bonchev–Trinajstić information content (AvgIpc) is 3.15. The Morgan fingerprint density at radius 2 is 1.89 bits per heavy atom. The fourth-order valence-corrected chi connectivity index (χ4v) is 2.67. The van der Waals surface area contributed by atoms with Gasteiger partial charge in [-0.1, -0.05) is 56.3 Å². The number of hydrogen-bond donors (Lipinski definition) is 1. The van der Waals surface area contributed by atoms with Crippen molar-refractivity contribution >= 4 is 5.91 Å². The number of aromatic nitrogens is 4. The van der Waals surface area contributed by atoms with E-state index in [1.807, 2.05) is 36.4 Å². The highest BCUT2D eigenvalue weighted by Crippen LogP contribution is 2.19. The van der Waals surface area contributed by atoms with Crippen LogP contribution in [0.3, 0.4) is 0 Å². The first-order chi connectivity index (χ1) is 13.1. The zero-order valence-electron chi connectivity index (χ0n) is 15.7. The van der Waals surface area contributed by atoms with Crippen LogP contribution in [0.2, 0.25) is 0 Å². The molecule has 0 fully saturated rings. The number of tetrazole rings is 1. The minimum absolute atomic E-state index is 0.00618. The van der Waals surface area contributed by atoms with Gasteiger partial charge in [-0.3, -0.25) is 4.79 Å². The number of nitrogens with zero attached hydrogens (tertiary/aromatic N) is 4. The molecule has 0 bridgehead atoms. The first-order valence-corrected chi connectivity index (χ1v) is 8.83. The molecule has 1 aromatic heterocycles. The number of methoxy groups -OCH3 is 1. The molecule has 0 aliphatic rings. The lowest BCUT2D eigenvalue weighted by Gasteiger charge is -2.09. The summed E-state index contributed by atoms with van der Waals surface area (Å²) < 4.78 is 5.28. The van der Waals surface area contributed by atoms with Gasteiger partial charge in [-0.2, -0.15) is 4.80 Å². The molecule has 0 atom stereocenters. The number of ether oxygens (including phenoxy) is 1. The molecule has 3 aromatic rings. The lowest BCUT2D eigenvalue weighted by atomic mass is 10.0. The molecule has 1 N–H and O–H groups in total. The van der Waals surface area contributed by atoms with Crippen molar-refractivity contribution in [1.82, 2.24) is 25.5 Å². The second-order valence-corrected chi connectivity index (χ2v) is 6.51. The topological polar surface area (TPSA) is 81.9 Å². The molecule has 0 saturated carbocycles. The second-order valence-electron chi connectivity index (χ2n) is 6.51. The standard InChI is InChI=1S/C20H23N5O2/c1-14(2)15-8-10-16(11-9-15)20-22-24-25(23-20)13-19(26)21-12-17-6-4-5-7-18(17)27-3/h4-11,14H,12-13H2,1-3H3,(H,21,26). The molecule has 140 valence electrons. The summed E-state index contributed by atoms with van der Waals surface area (Å²) in [5.74, 6) is 1.52. The monoisotopic (exact) mass is 365 g/mol. The van der Waals surface area contributed by atoms with Gasteiger partial charge in [0.25, 0.3) is 0 Å². The van der Waals surface area contributed by atoms with E-state index in [-0.39, 0.29) is 12.5 Å². The summed E-state index contributed by atoms with van der Waals surface area (Å²) in [5.41, 5.74) is 3.03. The van der Waals surface area contributed by atoms with Crippen LogP contribution in [0, 0.1) is 0 Å². The highest BCUT2D eigenvalue weighted by molar-refractivity contribution is 5.75. The Kier molecular flexibility index (Phi) is 5.80. The van der Waals surface area contributed by atoms with Gasteiger partial charge in [0.05, 0.1) is 7.11 Å². The Morgan fingerprint density at radius 3 is 2.59 bits per heavy atom. The first-order valence-electron chi connectivity index (χ1n) is 8.83. The van der Waals surface area contributed by atoms with Gasteiger partial charge in [0.15, 0.2) is 0 Å². The van der Waals surface area contributed by atoms with Crippen molar-refractivity contribution in [3.05, 3.63) is 59.7 Å². The summed E-state index contributed by atoms with van der Waals surface area (Å²) in [6.07, 6.45) is 0. The third kappa shape index (κ3) is 4.69. The van der Waals surface area contributed by atoms with Crippen molar-refractivity contribution in [2.75, 3.05) is 7.11 Å². The smallest absolute Gasteiger partial charge is 0.243 e. The third-order valence-electron chi connectivity index (χ3n) is 4.24. The Hall–Kier alpha value is -3.22. The van der Waals surface area contributed by atoms with E-state index in [1.54, 1.807) is 7.11 Å². The van der Waals surface area contributed by atoms with Gasteiger partial charge in [0, 0.05) is 17.7 Å². The zero-order chi connectivity index (χ0) is 19.2. The molecule has 1 heterocycles. The SMILES string of the molecule is COc1ccccc1CNC(=O)Cn1nnc(-c2ccc(C(C)C)cc2)n1. The minimum atomic E-state index is -0.194. The highest BCUT2D eigenvalue weighted by Gasteiger charge is 2.10. The lowest BCUT2D eigenvalue weighted by molar-refractivity contribution is -0.122. The van der Waals surface area contributed by atoms with Gasteiger partial charge in [-0.15, -0.1) is 10.2 Å². The van der Waals surface area contributed by atoms with Crippen LogP contribution in [0.25, 0.3) is 11.4 Å². The third-order valence-corrected chi connectivity index (χ3v) is 4.24. The quantitative estimate of drug-likeness (QED) is 0.696. The van der Waals surface area contributed by atoms with E-state index < -0.39 is 0 Å². The number of benzene rings is 2. The van der Waals surface area contributed by atoms with Crippen molar-refractivity contribution in [2.45, 2.75) is 32.9 Å². The Bertz CT molecular complexity index is 903. The summed E-state index contributed by atoms with van der Waals surface area (Å²) >= 11 is 0. The average molecular weight is 365 g/mol. The van der Waals surface area contributed by atoms with Gasteiger partial charge < -0.3 is 10.1 Å². The first kappa shape index (κ1) is 18.6. The minimum Gasteiger partial charge on any atom is -0.496 e. The molecule has 7 nitrogen and oxygen atoms in total. The van der Waals surface area contributed by atoms with E-state index >= 15 is 0 Å². The maximum Gasteiger partial charge on any atom is 0.243 e. The molecular formula is C20H23N5O2. The van der Waals surface area contributed by atoms with Gasteiger partial charge in [0.2, 0.25) is 11.7 Å². The number of carbonyl (C=O) groups is 1. The van der Waals surface area contributed by atoms with Crippen molar-refractivity contribution < 1.29 is 9.53 Å². The summed E-state index contributed by atoms with van der Waals surface area (Å²) in [5, 5.41) is 15.1. The van der Waals surface area contributed by atoms with Gasteiger partial charge in [0.1, 0.15) is 12.3 Å². The maximum absolute atomic E-state index is 12.2. The molecule has 0 spiro atoms. The van der Waals surface area contributed by atoms with Crippen LogP contribution in [-0.4, -0.2) is 33.2 Å². The summed E-state index contributed by atoms with van der Waals surface area (Å²) in [6, 6.07) is 15.6. The van der Waals surface area contributed by atoms with Gasteiger partial charge >= 0.3 is 0 Å². The van der Waals surface area contributed by atoms with Crippen LogP contribution in [-0.2, 0) is 17.9 Å². The highest BCUT2D eigenvalue weighted by atomic mass is 16.5. The van der Waals surface area contributed by atoms with Crippen LogP contribution in [0.15, 0.2) is 48.5 Å². The van der Waals surface area contributed by atoms with Crippen molar-refractivity contribution in [3.8, 4) is 17.1 Å². The van der Waals surface area contributed by atoms with E-state index in [4.69, 9.17) is 4.74 Å². The lowest BCUT2D eigenvalue weighted by Crippen LogP contribution is -2.28. The predicted molar refractivity (Wildman–Crippen MR) is 102 cm³/mol. The Labute approximate surface area is 158 Å². The van der Waals surface area contributed by atoms with E-state index in [1.165, 1.54) is 10.4 Å². The predicted octanol–water partition coefficient (Wildman–Crippen LogP) is 2.79. The number of hydrogen-bond acceptors (Lipinski definition) is 5. The van der Waals surface area contributed by atoms with Crippen LogP contribution >= 0.6 is 0 Å².